The Morgan fingerprint density at radius 1 is 1.14 bits per heavy atom. The quantitative estimate of drug-likeness (QED) is 0.896. The summed E-state index contributed by atoms with van der Waals surface area (Å²) < 4.78 is 0. The zero-order valence-corrected chi connectivity index (χ0v) is 12.8. The first-order valence-electron chi connectivity index (χ1n) is 8.57. The van der Waals surface area contributed by atoms with Gasteiger partial charge in [-0.25, -0.2) is 0 Å². The van der Waals surface area contributed by atoms with Crippen molar-refractivity contribution in [2.75, 3.05) is 0 Å². The van der Waals surface area contributed by atoms with E-state index >= 15 is 0 Å². The summed E-state index contributed by atoms with van der Waals surface area (Å²) in [5.41, 5.74) is 1.32. The molecule has 3 aliphatic carbocycles. The fourth-order valence-corrected chi connectivity index (χ4v) is 4.90. The Morgan fingerprint density at radius 2 is 1.95 bits per heavy atom. The molecule has 1 aromatic rings. The molecule has 112 valence electrons. The molecule has 1 N–H and O–H groups in total. The van der Waals surface area contributed by atoms with Crippen molar-refractivity contribution in [2.24, 2.45) is 23.7 Å². The molecule has 21 heavy (non-hydrogen) atoms. The van der Waals surface area contributed by atoms with Crippen molar-refractivity contribution >= 4 is 5.91 Å². The summed E-state index contributed by atoms with van der Waals surface area (Å²) in [5, 5.41) is 3.33. The van der Waals surface area contributed by atoms with Crippen molar-refractivity contribution in [3.8, 4) is 0 Å². The average Bonchev–Trinajstić information content (AvgIpc) is 3.03. The molecule has 1 aromatic carbocycles. The summed E-state index contributed by atoms with van der Waals surface area (Å²) >= 11 is 0. The number of hydrogen-bond acceptors (Lipinski definition) is 1. The van der Waals surface area contributed by atoms with Crippen LogP contribution in [0.25, 0.3) is 0 Å². The molecule has 0 aromatic heterocycles. The van der Waals surface area contributed by atoms with Gasteiger partial charge >= 0.3 is 0 Å². The topological polar surface area (TPSA) is 29.1 Å². The van der Waals surface area contributed by atoms with Gasteiger partial charge in [0.15, 0.2) is 0 Å². The van der Waals surface area contributed by atoms with Gasteiger partial charge in [0.05, 0.1) is 0 Å². The van der Waals surface area contributed by atoms with Crippen molar-refractivity contribution < 1.29 is 4.79 Å². The van der Waals surface area contributed by atoms with Gasteiger partial charge in [0.25, 0.3) is 0 Å². The Morgan fingerprint density at radius 3 is 2.62 bits per heavy atom. The molecule has 3 aliphatic rings. The van der Waals surface area contributed by atoms with Gasteiger partial charge in [0, 0.05) is 12.0 Å². The molecule has 2 bridgehead atoms. The van der Waals surface area contributed by atoms with Gasteiger partial charge < -0.3 is 5.32 Å². The van der Waals surface area contributed by atoms with Crippen LogP contribution < -0.4 is 5.32 Å². The highest BCUT2D eigenvalue weighted by Gasteiger charge is 2.46. The summed E-state index contributed by atoms with van der Waals surface area (Å²) in [6.45, 7) is 2.23. The molecule has 6 atom stereocenters. The number of carbonyl (C=O) groups is 1. The third kappa shape index (κ3) is 2.49. The number of carbonyl (C=O) groups excluding carboxylic acids is 1. The fourth-order valence-electron chi connectivity index (χ4n) is 4.90. The summed E-state index contributed by atoms with van der Waals surface area (Å²) in [5.74, 6) is 3.54. The molecular formula is C19H25NO. The zero-order valence-electron chi connectivity index (χ0n) is 12.8. The predicted molar refractivity (Wildman–Crippen MR) is 83.8 cm³/mol. The van der Waals surface area contributed by atoms with Crippen LogP contribution in [0.15, 0.2) is 30.3 Å². The molecule has 4 rings (SSSR count). The molecule has 2 nitrogen and oxygen atoms in total. The second kappa shape index (κ2) is 5.15. The maximum Gasteiger partial charge on any atom is 0.223 e. The lowest BCUT2D eigenvalue weighted by molar-refractivity contribution is -0.123. The molecule has 0 unspecified atom stereocenters. The van der Waals surface area contributed by atoms with Crippen LogP contribution in [0.5, 0.6) is 0 Å². The van der Waals surface area contributed by atoms with E-state index < -0.39 is 0 Å². The van der Waals surface area contributed by atoms with Gasteiger partial charge in [-0.15, -0.1) is 0 Å². The second-order valence-electron chi connectivity index (χ2n) is 7.50. The Kier molecular flexibility index (Phi) is 3.28. The first-order valence-corrected chi connectivity index (χ1v) is 8.57. The van der Waals surface area contributed by atoms with Crippen molar-refractivity contribution in [2.45, 2.75) is 51.0 Å². The highest BCUT2D eigenvalue weighted by molar-refractivity contribution is 5.83. The van der Waals surface area contributed by atoms with Gasteiger partial charge in [-0.05, 0) is 61.8 Å². The van der Waals surface area contributed by atoms with Crippen LogP contribution in [0, 0.1) is 23.7 Å². The monoisotopic (exact) mass is 283 g/mol. The Hall–Kier alpha value is -1.31. The van der Waals surface area contributed by atoms with E-state index in [9.17, 15) is 4.79 Å². The third-order valence-corrected chi connectivity index (χ3v) is 6.16. The van der Waals surface area contributed by atoms with Crippen LogP contribution in [-0.2, 0) is 4.79 Å². The predicted octanol–water partition coefficient (Wildman–Crippen LogP) is 3.73. The third-order valence-electron chi connectivity index (χ3n) is 6.16. The van der Waals surface area contributed by atoms with E-state index in [0.29, 0.717) is 17.9 Å². The van der Waals surface area contributed by atoms with Gasteiger partial charge in [0.2, 0.25) is 5.91 Å². The van der Waals surface area contributed by atoms with Crippen molar-refractivity contribution in [1.82, 2.24) is 5.32 Å². The molecule has 0 heterocycles. The van der Waals surface area contributed by atoms with E-state index in [2.05, 4.69) is 36.5 Å². The molecule has 3 fully saturated rings. The molecule has 3 saturated carbocycles. The van der Waals surface area contributed by atoms with Crippen molar-refractivity contribution in [1.29, 1.82) is 0 Å². The van der Waals surface area contributed by atoms with Gasteiger partial charge in [0.1, 0.15) is 0 Å². The van der Waals surface area contributed by atoms with E-state index in [0.717, 1.165) is 24.2 Å². The molecule has 1 amide bonds. The number of hydrogen-bond donors (Lipinski definition) is 1. The minimum absolute atomic E-state index is 0.216. The van der Waals surface area contributed by atoms with Gasteiger partial charge in [-0.1, -0.05) is 36.8 Å². The van der Waals surface area contributed by atoms with E-state index in [1.807, 2.05) is 6.07 Å². The second-order valence-corrected chi connectivity index (χ2v) is 7.50. The molecule has 0 spiro atoms. The molecule has 0 saturated heterocycles. The van der Waals surface area contributed by atoms with Crippen molar-refractivity contribution in [3.05, 3.63) is 35.9 Å². The van der Waals surface area contributed by atoms with Crippen LogP contribution >= 0.6 is 0 Å². The van der Waals surface area contributed by atoms with Crippen LogP contribution in [0.3, 0.4) is 0 Å². The van der Waals surface area contributed by atoms with Crippen LogP contribution in [0.1, 0.15) is 50.5 Å². The Labute approximate surface area is 127 Å². The fraction of sp³-hybridized carbons (Fsp3) is 0.632. The summed E-state index contributed by atoms with van der Waals surface area (Å²) in [6.07, 6.45) is 6.62. The minimum atomic E-state index is 0.216. The van der Waals surface area contributed by atoms with Crippen LogP contribution in [0.4, 0.5) is 0 Å². The number of nitrogens with one attached hydrogen (secondary N) is 1. The summed E-state index contributed by atoms with van der Waals surface area (Å²) in [7, 11) is 0. The molecule has 2 heteroatoms. The highest BCUT2D eigenvalue weighted by Crippen LogP contribution is 2.50. The largest absolute Gasteiger partial charge is 0.353 e. The number of rotatable bonds is 4. The smallest absolute Gasteiger partial charge is 0.223 e. The van der Waals surface area contributed by atoms with Crippen LogP contribution in [-0.4, -0.2) is 11.9 Å². The number of fused-ring (bicyclic) bond motifs is 2. The minimum Gasteiger partial charge on any atom is -0.353 e. The summed E-state index contributed by atoms with van der Waals surface area (Å²) in [6, 6.07) is 10.8. The van der Waals surface area contributed by atoms with Gasteiger partial charge in [-0.2, -0.15) is 0 Å². The lowest BCUT2D eigenvalue weighted by atomic mass is 9.84. The van der Waals surface area contributed by atoms with E-state index in [4.69, 9.17) is 0 Å². The van der Waals surface area contributed by atoms with E-state index in [1.165, 1.54) is 31.2 Å². The molecule has 0 radical (unpaired) electrons. The van der Waals surface area contributed by atoms with E-state index in [1.54, 1.807) is 0 Å². The van der Waals surface area contributed by atoms with E-state index in [-0.39, 0.29) is 5.92 Å². The Balaban J connectivity index is 1.33. The van der Waals surface area contributed by atoms with Crippen LogP contribution in [0.2, 0.25) is 0 Å². The molecule has 0 aliphatic heterocycles. The lowest BCUT2D eigenvalue weighted by Gasteiger charge is -2.28. The first kappa shape index (κ1) is 13.4. The first-order chi connectivity index (χ1) is 10.2. The number of amides is 1. The maximum atomic E-state index is 12.5. The SMILES string of the molecule is C[C@@H](NC(=O)[C@@H]1C[C@@H]1c1ccccc1)[C@@H]1C[C@@H]2CC[C@@H]1C2. The molecular weight excluding hydrogens is 258 g/mol. The zero-order chi connectivity index (χ0) is 14.4. The standard InChI is InChI=1S/C19H25NO/c1-12(16-10-13-7-8-15(16)9-13)20-19(21)18-11-17(18)14-5-3-2-4-6-14/h2-6,12-13,15-18H,7-11H2,1H3,(H,20,21)/t12-,13-,15-,16+,17-,18-/m1/s1. The Bertz CT molecular complexity index is 526. The van der Waals surface area contributed by atoms with Crippen molar-refractivity contribution in [3.63, 3.8) is 0 Å². The average molecular weight is 283 g/mol. The maximum absolute atomic E-state index is 12.5. The highest BCUT2D eigenvalue weighted by atomic mass is 16.2. The van der Waals surface area contributed by atoms with Gasteiger partial charge in [-0.3, -0.25) is 4.79 Å². The number of benzene rings is 1. The normalized spacial score (nSPS) is 38.2. The lowest BCUT2D eigenvalue weighted by Crippen LogP contribution is -2.41. The summed E-state index contributed by atoms with van der Waals surface area (Å²) in [4.78, 5) is 12.5.